The molecule has 0 spiro atoms. The molecule has 4 aromatic rings. The zero-order chi connectivity index (χ0) is 19.3. The Bertz CT molecular complexity index is 1130. The van der Waals surface area contributed by atoms with E-state index in [2.05, 4.69) is 55.5 Å². The summed E-state index contributed by atoms with van der Waals surface area (Å²) in [5, 5.41) is 6.76. The summed E-state index contributed by atoms with van der Waals surface area (Å²) >= 11 is 0. The highest BCUT2D eigenvalue weighted by Crippen LogP contribution is 2.35. The van der Waals surface area contributed by atoms with Crippen LogP contribution in [0.4, 0.5) is 4.79 Å². The lowest BCUT2D eigenvalue weighted by Crippen LogP contribution is -2.11. The van der Waals surface area contributed by atoms with Crippen LogP contribution in [0.25, 0.3) is 32.3 Å². The molecule has 4 aromatic carbocycles. The smallest absolute Gasteiger partial charge is 0.434 e. The SMILES string of the molecule is CCCCCCOC(=O)Oc1cccc2c1ccc1c3ccccc3ccc21. The van der Waals surface area contributed by atoms with E-state index < -0.39 is 6.16 Å². The van der Waals surface area contributed by atoms with Crippen molar-refractivity contribution in [2.24, 2.45) is 0 Å². The van der Waals surface area contributed by atoms with Crippen molar-refractivity contribution in [1.82, 2.24) is 0 Å². The van der Waals surface area contributed by atoms with Crippen molar-refractivity contribution in [3.8, 4) is 5.75 Å². The molecular formula is C25H24O3. The van der Waals surface area contributed by atoms with Gasteiger partial charge in [-0.2, -0.15) is 0 Å². The summed E-state index contributed by atoms with van der Waals surface area (Å²) in [6.45, 7) is 2.56. The first-order chi connectivity index (χ1) is 13.8. The lowest BCUT2D eigenvalue weighted by Gasteiger charge is -2.11. The molecule has 0 amide bonds. The Labute approximate surface area is 164 Å². The maximum atomic E-state index is 12.1. The van der Waals surface area contributed by atoms with Gasteiger partial charge < -0.3 is 9.47 Å². The van der Waals surface area contributed by atoms with Crippen molar-refractivity contribution in [2.75, 3.05) is 6.61 Å². The Hall–Kier alpha value is -3.07. The first-order valence-electron chi connectivity index (χ1n) is 9.96. The highest BCUT2D eigenvalue weighted by Gasteiger charge is 2.12. The fraction of sp³-hybridized carbons (Fsp3) is 0.240. The van der Waals surface area contributed by atoms with Gasteiger partial charge in [-0.3, -0.25) is 0 Å². The van der Waals surface area contributed by atoms with Gasteiger partial charge in [0.2, 0.25) is 0 Å². The molecule has 0 fully saturated rings. The third-order valence-electron chi connectivity index (χ3n) is 5.15. The van der Waals surface area contributed by atoms with Crippen LogP contribution >= 0.6 is 0 Å². The van der Waals surface area contributed by atoms with Gasteiger partial charge in [-0.25, -0.2) is 4.79 Å². The van der Waals surface area contributed by atoms with Crippen LogP contribution in [0.1, 0.15) is 32.6 Å². The van der Waals surface area contributed by atoms with Crippen LogP contribution in [0.15, 0.2) is 66.7 Å². The zero-order valence-corrected chi connectivity index (χ0v) is 16.1. The van der Waals surface area contributed by atoms with Gasteiger partial charge >= 0.3 is 6.16 Å². The Morgan fingerprint density at radius 1 is 0.714 bits per heavy atom. The lowest BCUT2D eigenvalue weighted by molar-refractivity contribution is 0.0978. The number of hydrogen-bond acceptors (Lipinski definition) is 3. The first-order valence-corrected chi connectivity index (χ1v) is 9.96. The van der Waals surface area contributed by atoms with Gasteiger partial charge in [0, 0.05) is 5.39 Å². The lowest BCUT2D eigenvalue weighted by atomic mass is 9.97. The predicted octanol–water partition coefficient (Wildman–Crippen LogP) is 7.24. The molecule has 0 aliphatic carbocycles. The van der Waals surface area contributed by atoms with Gasteiger partial charge in [0.05, 0.1) is 6.61 Å². The highest BCUT2D eigenvalue weighted by molar-refractivity contribution is 6.18. The molecular weight excluding hydrogens is 348 g/mol. The molecule has 3 heteroatoms. The minimum Gasteiger partial charge on any atom is -0.434 e. The standard InChI is InChI=1S/C25H24O3/c1-2-3-4-7-17-27-25(26)28-24-12-8-11-20-22-14-13-18-9-5-6-10-19(18)21(22)15-16-23(20)24/h5-6,8-16H,2-4,7,17H2,1H3. The van der Waals surface area contributed by atoms with Crippen molar-refractivity contribution >= 4 is 38.5 Å². The van der Waals surface area contributed by atoms with Gasteiger partial charge in [0.25, 0.3) is 0 Å². The van der Waals surface area contributed by atoms with Crippen LogP contribution in [0.5, 0.6) is 5.75 Å². The average Bonchev–Trinajstić information content (AvgIpc) is 2.73. The van der Waals surface area contributed by atoms with Crippen LogP contribution in [-0.2, 0) is 4.74 Å². The summed E-state index contributed by atoms with van der Waals surface area (Å²) in [5.74, 6) is 0.533. The number of carbonyl (C=O) groups is 1. The van der Waals surface area contributed by atoms with Crippen molar-refractivity contribution < 1.29 is 14.3 Å². The molecule has 142 valence electrons. The van der Waals surface area contributed by atoms with E-state index >= 15 is 0 Å². The molecule has 0 saturated heterocycles. The monoisotopic (exact) mass is 372 g/mol. The second-order valence-corrected chi connectivity index (χ2v) is 7.06. The fourth-order valence-electron chi connectivity index (χ4n) is 3.72. The van der Waals surface area contributed by atoms with Crippen LogP contribution in [-0.4, -0.2) is 12.8 Å². The maximum absolute atomic E-state index is 12.1. The van der Waals surface area contributed by atoms with Gasteiger partial charge in [-0.1, -0.05) is 80.8 Å². The third-order valence-corrected chi connectivity index (χ3v) is 5.15. The summed E-state index contributed by atoms with van der Waals surface area (Å²) in [6, 6.07) is 22.6. The number of unbranched alkanes of at least 4 members (excludes halogenated alkanes) is 3. The summed E-state index contributed by atoms with van der Waals surface area (Å²) in [5.41, 5.74) is 0. The normalized spacial score (nSPS) is 11.2. The first kappa shape index (κ1) is 18.3. The quantitative estimate of drug-likeness (QED) is 0.155. The van der Waals surface area contributed by atoms with Crippen LogP contribution in [0.3, 0.4) is 0 Å². The van der Waals surface area contributed by atoms with Crippen molar-refractivity contribution in [1.29, 1.82) is 0 Å². The molecule has 0 aliphatic rings. The summed E-state index contributed by atoms with van der Waals surface area (Å²) in [6.07, 6.45) is 3.61. The number of benzene rings is 4. The third kappa shape index (κ3) is 3.65. The molecule has 28 heavy (non-hydrogen) atoms. The van der Waals surface area contributed by atoms with E-state index in [1.54, 1.807) is 0 Å². The Morgan fingerprint density at radius 2 is 1.43 bits per heavy atom. The number of rotatable bonds is 6. The average molecular weight is 372 g/mol. The maximum Gasteiger partial charge on any atom is 0.513 e. The van der Waals surface area contributed by atoms with E-state index in [1.807, 2.05) is 18.2 Å². The topological polar surface area (TPSA) is 35.5 Å². The van der Waals surface area contributed by atoms with Crippen molar-refractivity contribution in [2.45, 2.75) is 32.6 Å². The summed E-state index contributed by atoms with van der Waals surface area (Å²) < 4.78 is 10.7. The molecule has 4 rings (SSSR count). The largest absolute Gasteiger partial charge is 0.513 e. The number of carbonyl (C=O) groups excluding carboxylic acids is 1. The van der Waals surface area contributed by atoms with E-state index in [1.165, 1.54) is 16.2 Å². The minimum absolute atomic E-state index is 0.401. The molecule has 0 aliphatic heterocycles. The predicted molar refractivity (Wildman–Crippen MR) is 115 cm³/mol. The second kappa shape index (κ2) is 8.30. The summed E-state index contributed by atoms with van der Waals surface area (Å²) in [7, 11) is 0. The zero-order valence-electron chi connectivity index (χ0n) is 16.1. The van der Waals surface area contributed by atoms with Crippen LogP contribution in [0, 0.1) is 0 Å². The van der Waals surface area contributed by atoms with Gasteiger partial charge in [-0.15, -0.1) is 0 Å². The number of ether oxygens (including phenoxy) is 2. The van der Waals surface area contributed by atoms with E-state index in [0.717, 1.165) is 41.8 Å². The Kier molecular flexibility index (Phi) is 5.43. The van der Waals surface area contributed by atoms with E-state index in [0.29, 0.717) is 12.4 Å². The van der Waals surface area contributed by atoms with E-state index in [-0.39, 0.29) is 0 Å². The molecule has 0 radical (unpaired) electrons. The molecule has 0 heterocycles. The molecule has 0 bridgehead atoms. The molecule has 0 N–H and O–H groups in total. The van der Waals surface area contributed by atoms with E-state index in [4.69, 9.17) is 9.47 Å². The highest BCUT2D eigenvalue weighted by atomic mass is 16.7. The second-order valence-electron chi connectivity index (χ2n) is 7.06. The fourth-order valence-corrected chi connectivity index (χ4v) is 3.72. The van der Waals surface area contributed by atoms with Gasteiger partial charge in [0.1, 0.15) is 5.75 Å². The van der Waals surface area contributed by atoms with Gasteiger partial charge in [-0.05, 0) is 45.5 Å². The van der Waals surface area contributed by atoms with Crippen molar-refractivity contribution in [3.05, 3.63) is 66.7 Å². The van der Waals surface area contributed by atoms with Crippen LogP contribution in [0.2, 0.25) is 0 Å². The Balaban J connectivity index is 1.62. The molecule has 0 aromatic heterocycles. The van der Waals surface area contributed by atoms with Gasteiger partial charge in [0.15, 0.2) is 0 Å². The molecule has 3 nitrogen and oxygen atoms in total. The number of hydrogen-bond donors (Lipinski definition) is 0. The van der Waals surface area contributed by atoms with Crippen LogP contribution < -0.4 is 4.74 Å². The van der Waals surface area contributed by atoms with Crippen molar-refractivity contribution in [3.63, 3.8) is 0 Å². The molecule has 0 saturated carbocycles. The molecule has 0 unspecified atom stereocenters. The Morgan fingerprint density at radius 3 is 2.32 bits per heavy atom. The molecule has 0 atom stereocenters. The summed E-state index contributed by atoms with van der Waals surface area (Å²) in [4.78, 5) is 12.1. The minimum atomic E-state index is -0.636. The number of fused-ring (bicyclic) bond motifs is 5. The van der Waals surface area contributed by atoms with E-state index in [9.17, 15) is 4.79 Å².